The first-order valence-corrected chi connectivity index (χ1v) is 6.78. The highest BCUT2D eigenvalue weighted by Gasteiger charge is 2.44. The molecule has 14 heavy (non-hydrogen) atoms. The maximum Gasteiger partial charge on any atom is -0.0292 e. The normalized spacial score (nSPS) is 42.4. The lowest BCUT2D eigenvalue weighted by atomic mass is 9.54. The van der Waals surface area contributed by atoms with Gasteiger partial charge in [0.2, 0.25) is 0 Å². The van der Waals surface area contributed by atoms with Crippen LogP contribution in [0.4, 0.5) is 0 Å². The average molecular weight is 194 g/mol. The van der Waals surface area contributed by atoms with E-state index in [2.05, 4.69) is 13.8 Å². The molecule has 2 aliphatic carbocycles. The highest BCUT2D eigenvalue weighted by Crippen LogP contribution is 2.57. The molecule has 82 valence electrons. The lowest BCUT2D eigenvalue weighted by molar-refractivity contribution is -0.00397. The molecule has 2 saturated carbocycles. The van der Waals surface area contributed by atoms with Crippen LogP contribution in [-0.4, -0.2) is 0 Å². The third-order valence-corrected chi connectivity index (χ3v) is 4.88. The van der Waals surface area contributed by atoms with Crippen molar-refractivity contribution in [2.45, 2.75) is 71.6 Å². The molecule has 0 N–H and O–H groups in total. The Bertz CT molecular complexity index is 159. The molecule has 0 aliphatic heterocycles. The van der Waals surface area contributed by atoms with Crippen molar-refractivity contribution in [2.24, 2.45) is 17.3 Å². The molecule has 0 unspecified atom stereocenters. The SMILES string of the molecule is CCCC1CC2(CCC(CC)CC2)C1. The highest BCUT2D eigenvalue weighted by atomic mass is 14.5. The van der Waals surface area contributed by atoms with E-state index in [0.29, 0.717) is 0 Å². The molecular weight excluding hydrogens is 168 g/mol. The standard InChI is InChI=1S/C14H26/c1-3-5-13-10-14(11-13)8-6-12(4-2)7-9-14/h12-13H,3-11H2,1-2H3. The van der Waals surface area contributed by atoms with Crippen LogP contribution < -0.4 is 0 Å². The van der Waals surface area contributed by atoms with Crippen LogP contribution in [0.1, 0.15) is 71.6 Å². The summed E-state index contributed by atoms with van der Waals surface area (Å²) in [7, 11) is 0. The maximum absolute atomic E-state index is 2.36. The third kappa shape index (κ3) is 1.99. The van der Waals surface area contributed by atoms with Gasteiger partial charge in [-0.25, -0.2) is 0 Å². The van der Waals surface area contributed by atoms with Gasteiger partial charge in [-0.2, -0.15) is 0 Å². The molecule has 0 aromatic heterocycles. The molecule has 0 amide bonds. The van der Waals surface area contributed by atoms with E-state index < -0.39 is 0 Å². The summed E-state index contributed by atoms with van der Waals surface area (Å²) in [5.41, 5.74) is 0.853. The third-order valence-electron chi connectivity index (χ3n) is 4.88. The van der Waals surface area contributed by atoms with Crippen molar-refractivity contribution in [3.05, 3.63) is 0 Å². The van der Waals surface area contributed by atoms with Crippen molar-refractivity contribution in [3.63, 3.8) is 0 Å². The van der Waals surface area contributed by atoms with Crippen molar-refractivity contribution in [1.29, 1.82) is 0 Å². The van der Waals surface area contributed by atoms with Crippen LogP contribution in [0.15, 0.2) is 0 Å². The summed E-state index contributed by atoms with van der Waals surface area (Å²) in [6.45, 7) is 4.70. The van der Waals surface area contributed by atoms with E-state index in [9.17, 15) is 0 Å². The zero-order valence-corrected chi connectivity index (χ0v) is 10.0. The topological polar surface area (TPSA) is 0 Å². The minimum absolute atomic E-state index is 0.853. The van der Waals surface area contributed by atoms with Crippen molar-refractivity contribution in [2.75, 3.05) is 0 Å². The summed E-state index contributed by atoms with van der Waals surface area (Å²) in [4.78, 5) is 0. The summed E-state index contributed by atoms with van der Waals surface area (Å²) in [6.07, 6.45) is 13.7. The fourth-order valence-electron chi connectivity index (χ4n) is 3.88. The van der Waals surface area contributed by atoms with Crippen LogP contribution in [0.2, 0.25) is 0 Å². The molecule has 2 rings (SSSR count). The second-order valence-corrected chi connectivity index (χ2v) is 5.91. The zero-order chi connectivity index (χ0) is 10.0. The summed E-state index contributed by atoms with van der Waals surface area (Å²) in [5, 5.41) is 0. The Balaban J connectivity index is 1.74. The fraction of sp³-hybridized carbons (Fsp3) is 1.00. The Morgan fingerprint density at radius 1 is 1.00 bits per heavy atom. The minimum atomic E-state index is 0.853. The van der Waals surface area contributed by atoms with Gasteiger partial charge in [-0.3, -0.25) is 0 Å². The summed E-state index contributed by atoms with van der Waals surface area (Å²) < 4.78 is 0. The Kier molecular flexibility index (Phi) is 3.19. The molecular formula is C14H26. The van der Waals surface area contributed by atoms with E-state index in [1.54, 1.807) is 25.7 Å². The van der Waals surface area contributed by atoms with Gasteiger partial charge in [0.1, 0.15) is 0 Å². The van der Waals surface area contributed by atoms with Gasteiger partial charge < -0.3 is 0 Å². The molecule has 0 bridgehead atoms. The van der Waals surface area contributed by atoms with Crippen molar-refractivity contribution < 1.29 is 0 Å². The van der Waals surface area contributed by atoms with E-state index in [0.717, 1.165) is 17.3 Å². The van der Waals surface area contributed by atoms with Crippen LogP contribution in [0.25, 0.3) is 0 Å². The van der Waals surface area contributed by atoms with Crippen LogP contribution >= 0.6 is 0 Å². The second kappa shape index (κ2) is 4.24. The largest absolute Gasteiger partial charge is 0.0654 e. The highest BCUT2D eigenvalue weighted by molar-refractivity contribution is 4.96. The minimum Gasteiger partial charge on any atom is -0.0654 e. The molecule has 0 atom stereocenters. The molecule has 0 radical (unpaired) electrons. The molecule has 0 nitrogen and oxygen atoms in total. The Hall–Kier alpha value is 0. The first kappa shape index (κ1) is 10.5. The van der Waals surface area contributed by atoms with Crippen LogP contribution in [0, 0.1) is 17.3 Å². The van der Waals surface area contributed by atoms with Gasteiger partial charge in [-0.05, 0) is 55.8 Å². The van der Waals surface area contributed by atoms with Crippen LogP contribution in [-0.2, 0) is 0 Å². The number of hydrogen-bond acceptors (Lipinski definition) is 0. The smallest absolute Gasteiger partial charge is 0.0292 e. The molecule has 2 fully saturated rings. The second-order valence-electron chi connectivity index (χ2n) is 5.91. The predicted octanol–water partition coefficient (Wildman–Crippen LogP) is 4.78. The molecule has 0 aromatic carbocycles. The predicted molar refractivity (Wildman–Crippen MR) is 62.3 cm³/mol. The van der Waals surface area contributed by atoms with Gasteiger partial charge >= 0.3 is 0 Å². The quantitative estimate of drug-likeness (QED) is 0.606. The molecule has 0 saturated heterocycles. The maximum atomic E-state index is 2.36. The van der Waals surface area contributed by atoms with Crippen molar-refractivity contribution in [1.82, 2.24) is 0 Å². The van der Waals surface area contributed by atoms with Gasteiger partial charge in [0.05, 0.1) is 0 Å². The van der Waals surface area contributed by atoms with Gasteiger partial charge in [-0.1, -0.05) is 33.1 Å². The van der Waals surface area contributed by atoms with Crippen molar-refractivity contribution in [3.8, 4) is 0 Å². The summed E-state index contributed by atoms with van der Waals surface area (Å²) in [6, 6.07) is 0. The van der Waals surface area contributed by atoms with E-state index in [1.807, 2.05) is 0 Å². The number of hydrogen-bond donors (Lipinski definition) is 0. The van der Waals surface area contributed by atoms with E-state index in [1.165, 1.54) is 32.1 Å². The summed E-state index contributed by atoms with van der Waals surface area (Å²) in [5.74, 6) is 2.18. The molecule has 0 heteroatoms. The summed E-state index contributed by atoms with van der Waals surface area (Å²) >= 11 is 0. The van der Waals surface area contributed by atoms with Crippen LogP contribution in [0.3, 0.4) is 0 Å². The first-order valence-electron chi connectivity index (χ1n) is 6.78. The Morgan fingerprint density at radius 2 is 1.64 bits per heavy atom. The lowest BCUT2D eigenvalue weighted by Crippen LogP contribution is -2.40. The van der Waals surface area contributed by atoms with Gasteiger partial charge in [0.15, 0.2) is 0 Å². The molecule has 0 aromatic rings. The molecule has 2 aliphatic rings. The van der Waals surface area contributed by atoms with Crippen LogP contribution in [0.5, 0.6) is 0 Å². The lowest BCUT2D eigenvalue weighted by Gasteiger charge is -2.52. The van der Waals surface area contributed by atoms with E-state index >= 15 is 0 Å². The molecule has 0 heterocycles. The van der Waals surface area contributed by atoms with Crippen molar-refractivity contribution >= 4 is 0 Å². The Morgan fingerprint density at radius 3 is 2.14 bits per heavy atom. The van der Waals surface area contributed by atoms with Gasteiger partial charge in [0.25, 0.3) is 0 Å². The van der Waals surface area contributed by atoms with E-state index in [4.69, 9.17) is 0 Å². The zero-order valence-electron chi connectivity index (χ0n) is 10.0. The Labute approximate surface area is 89.5 Å². The monoisotopic (exact) mass is 194 g/mol. The van der Waals surface area contributed by atoms with Gasteiger partial charge in [0, 0.05) is 0 Å². The average Bonchev–Trinajstić information content (AvgIpc) is 2.17. The van der Waals surface area contributed by atoms with E-state index in [-0.39, 0.29) is 0 Å². The van der Waals surface area contributed by atoms with Gasteiger partial charge in [-0.15, -0.1) is 0 Å². The number of rotatable bonds is 3. The first-order chi connectivity index (χ1) is 6.78. The molecule has 1 spiro atoms. The fourth-order valence-corrected chi connectivity index (χ4v) is 3.88.